The summed E-state index contributed by atoms with van der Waals surface area (Å²) in [7, 11) is 0. The monoisotopic (exact) mass is 246 g/mol. The zero-order valence-electron chi connectivity index (χ0n) is 11.0. The van der Waals surface area contributed by atoms with E-state index in [9.17, 15) is 9.90 Å². The smallest absolute Gasteiger partial charge is 0.320 e. The maximum atomic E-state index is 10.9. The topological polar surface area (TPSA) is 95.6 Å². The maximum Gasteiger partial charge on any atom is 0.320 e. The molecule has 5 nitrogen and oxygen atoms in total. The average molecular weight is 246 g/mol. The Kier molecular flexibility index (Phi) is 8.12. The number of nitrogens with two attached hydrogens (primary N) is 1. The van der Waals surface area contributed by atoms with Crippen molar-refractivity contribution in [3.8, 4) is 0 Å². The standard InChI is InChI=1S/C12H26N2O3/c1-4-5-10(12(16)17)14-7-11(15)9(13)6-8(2)3/h8-11,14-15H,4-7,13H2,1-3H3,(H,16,17). The van der Waals surface area contributed by atoms with Crippen LogP contribution in [0.3, 0.4) is 0 Å². The van der Waals surface area contributed by atoms with Gasteiger partial charge in [-0.05, 0) is 18.8 Å². The molecule has 0 aromatic carbocycles. The summed E-state index contributed by atoms with van der Waals surface area (Å²) in [6, 6.07) is -0.903. The number of aliphatic carboxylic acids is 1. The van der Waals surface area contributed by atoms with Crippen molar-refractivity contribution >= 4 is 5.97 Å². The molecule has 0 saturated carbocycles. The number of carbonyl (C=O) groups is 1. The lowest BCUT2D eigenvalue weighted by atomic mass is 10.00. The van der Waals surface area contributed by atoms with Crippen LogP contribution in [0.4, 0.5) is 0 Å². The van der Waals surface area contributed by atoms with E-state index in [0.717, 1.165) is 12.8 Å². The lowest BCUT2D eigenvalue weighted by molar-refractivity contribution is -0.139. The predicted molar refractivity (Wildman–Crippen MR) is 67.8 cm³/mol. The van der Waals surface area contributed by atoms with Crippen LogP contribution in [-0.2, 0) is 4.79 Å². The maximum absolute atomic E-state index is 10.9. The SMILES string of the molecule is CCCC(NCC(O)C(N)CC(C)C)C(=O)O. The second kappa shape index (κ2) is 8.44. The highest BCUT2D eigenvalue weighted by Crippen LogP contribution is 2.06. The zero-order chi connectivity index (χ0) is 13.4. The third kappa shape index (κ3) is 7.31. The number of carboxylic acids is 1. The van der Waals surface area contributed by atoms with Gasteiger partial charge in [0.1, 0.15) is 6.04 Å². The Morgan fingerprint density at radius 2 is 2.00 bits per heavy atom. The second-order valence-corrected chi connectivity index (χ2v) is 4.95. The molecular weight excluding hydrogens is 220 g/mol. The molecule has 0 amide bonds. The molecule has 3 unspecified atom stereocenters. The molecule has 0 saturated heterocycles. The zero-order valence-corrected chi connectivity index (χ0v) is 11.0. The molecule has 0 heterocycles. The van der Waals surface area contributed by atoms with Gasteiger partial charge in [-0.3, -0.25) is 4.79 Å². The van der Waals surface area contributed by atoms with Crippen LogP contribution in [0.15, 0.2) is 0 Å². The first kappa shape index (κ1) is 16.4. The molecular formula is C12H26N2O3. The average Bonchev–Trinajstić information content (AvgIpc) is 2.22. The van der Waals surface area contributed by atoms with Gasteiger partial charge in [-0.15, -0.1) is 0 Å². The van der Waals surface area contributed by atoms with Gasteiger partial charge in [0.05, 0.1) is 6.10 Å². The summed E-state index contributed by atoms with van der Waals surface area (Å²) < 4.78 is 0. The highest BCUT2D eigenvalue weighted by Gasteiger charge is 2.20. The molecule has 17 heavy (non-hydrogen) atoms. The summed E-state index contributed by atoms with van der Waals surface area (Å²) in [6.07, 6.45) is 1.38. The van der Waals surface area contributed by atoms with Gasteiger partial charge >= 0.3 is 5.97 Å². The highest BCUT2D eigenvalue weighted by molar-refractivity contribution is 5.73. The summed E-state index contributed by atoms with van der Waals surface area (Å²) in [5.74, 6) is -0.456. The van der Waals surface area contributed by atoms with Crippen molar-refractivity contribution in [2.24, 2.45) is 11.7 Å². The van der Waals surface area contributed by atoms with Gasteiger partial charge < -0.3 is 21.3 Å². The van der Waals surface area contributed by atoms with Crippen LogP contribution in [0.2, 0.25) is 0 Å². The summed E-state index contributed by atoms with van der Waals surface area (Å²) in [4.78, 5) is 10.9. The van der Waals surface area contributed by atoms with Crippen LogP contribution in [0.25, 0.3) is 0 Å². The van der Waals surface area contributed by atoms with Gasteiger partial charge in [0.15, 0.2) is 0 Å². The van der Waals surface area contributed by atoms with E-state index in [0.29, 0.717) is 12.3 Å². The van der Waals surface area contributed by atoms with Gasteiger partial charge in [-0.2, -0.15) is 0 Å². The molecule has 0 bridgehead atoms. The Morgan fingerprint density at radius 1 is 1.41 bits per heavy atom. The highest BCUT2D eigenvalue weighted by atomic mass is 16.4. The molecule has 5 heteroatoms. The van der Waals surface area contributed by atoms with E-state index >= 15 is 0 Å². The lowest BCUT2D eigenvalue weighted by Crippen LogP contribution is -2.47. The first-order valence-corrected chi connectivity index (χ1v) is 6.28. The number of rotatable bonds is 9. The summed E-state index contributed by atoms with van der Waals surface area (Å²) in [5, 5.41) is 21.6. The number of nitrogens with one attached hydrogen (secondary N) is 1. The second-order valence-electron chi connectivity index (χ2n) is 4.95. The van der Waals surface area contributed by atoms with E-state index in [1.165, 1.54) is 0 Å². The Hall–Kier alpha value is -0.650. The third-order valence-electron chi connectivity index (χ3n) is 2.69. The van der Waals surface area contributed by atoms with Crippen molar-refractivity contribution in [3.05, 3.63) is 0 Å². The van der Waals surface area contributed by atoms with Gasteiger partial charge in [0.25, 0.3) is 0 Å². The minimum absolute atomic E-state index is 0.227. The largest absolute Gasteiger partial charge is 0.480 e. The summed E-state index contributed by atoms with van der Waals surface area (Å²) in [6.45, 7) is 6.23. The Bertz CT molecular complexity index is 222. The fourth-order valence-corrected chi connectivity index (χ4v) is 1.72. The van der Waals surface area contributed by atoms with E-state index in [-0.39, 0.29) is 12.6 Å². The molecule has 0 spiro atoms. The van der Waals surface area contributed by atoms with Gasteiger partial charge in [0.2, 0.25) is 0 Å². The van der Waals surface area contributed by atoms with Crippen molar-refractivity contribution in [2.75, 3.05) is 6.54 Å². The molecule has 0 fully saturated rings. The molecule has 5 N–H and O–H groups in total. The number of aliphatic hydroxyl groups excluding tert-OH is 1. The minimum Gasteiger partial charge on any atom is -0.480 e. The summed E-state index contributed by atoms with van der Waals surface area (Å²) >= 11 is 0. The summed E-state index contributed by atoms with van der Waals surface area (Å²) in [5.41, 5.74) is 5.82. The van der Waals surface area contributed by atoms with Crippen LogP contribution >= 0.6 is 0 Å². The Morgan fingerprint density at radius 3 is 2.41 bits per heavy atom. The Labute approximate surface area is 103 Å². The fourth-order valence-electron chi connectivity index (χ4n) is 1.72. The number of aliphatic hydroxyl groups is 1. The van der Waals surface area contributed by atoms with Crippen molar-refractivity contribution in [3.63, 3.8) is 0 Å². The molecule has 3 atom stereocenters. The Balaban J connectivity index is 4.02. The minimum atomic E-state index is -0.878. The fraction of sp³-hybridized carbons (Fsp3) is 0.917. The van der Waals surface area contributed by atoms with E-state index < -0.39 is 18.1 Å². The van der Waals surface area contributed by atoms with Gasteiger partial charge in [0, 0.05) is 12.6 Å². The molecule has 0 aromatic heterocycles. The van der Waals surface area contributed by atoms with Crippen LogP contribution in [0, 0.1) is 5.92 Å². The molecule has 102 valence electrons. The molecule has 0 aliphatic rings. The number of hydrogen-bond donors (Lipinski definition) is 4. The van der Waals surface area contributed by atoms with Crippen molar-refractivity contribution < 1.29 is 15.0 Å². The molecule has 0 aliphatic heterocycles. The quantitative estimate of drug-likeness (QED) is 0.477. The normalized spacial score (nSPS) is 16.8. The van der Waals surface area contributed by atoms with Crippen molar-refractivity contribution in [2.45, 2.75) is 58.2 Å². The van der Waals surface area contributed by atoms with Crippen LogP contribution in [0.5, 0.6) is 0 Å². The van der Waals surface area contributed by atoms with Crippen LogP contribution in [-0.4, -0.2) is 40.9 Å². The number of hydrogen-bond acceptors (Lipinski definition) is 4. The van der Waals surface area contributed by atoms with Crippen LogP contribution < -0.4 is 11.1 Å². The van der Waals surface area contributed by atoms with E-state index in [2.05, 4.69) is 5.32 Å². The molecule has 0 radical (unpaired) electrons. The lowest BCUT2D eigenvalue weighted by Gasteiger charge is -2.22. The molecule has 0 aliphatic carbocycles. The van der Waals surface area contributed by atoms with Gasteiger partial charge in [-0.1, -0.05) is 27.2 Å². The van der Waals surface area contributed by atoms with E-state index in [1.54, 1.807) is 0 Å². The van der Waals surface area contributed by atoms with E-state index in [1.807, 2.05) is 20.8 Å². The van der Waals surface area contributed by atoms with Gasteiger partial charge in [-0.25, -0.2) is 0 Å². The van der Waals surface area contributed by atoms with Crippen LogP contribution in [0.1, 0.15) is 40.0 Å². The first-order chi connectivity index (χ1) is 7.88. The number of carboxylic acid groups (broad SMARTS) is 1. The van der Waals surface area contributed by atoms with Crippen molar-refractivity contribution in [1.82, 2.24) is 5.32 Å². The third-order valence-corrected chi connectivity index (χ3v) is 2.69. The molecule has 0 rings (SSSR count). The molecule has 0 aromatic rings. The van der Waals surface area contributed by atoms with E-state index in [4.69, 9.17) is 10.8 Å². The first-order valence-electron chi connectivity index (χ1n) is 6.28. The predicted octanol–water partition coefficient (Wildman–Crippen LogP) is 0.564. The van der Waals surface area contributed by atoms with Crippen molar-refractivity contribution in [1.29, 1.82) is 0 Å².